The Morgan fingerprint density at radius 2 is 1.84 bits per heavy atom. The van der Waals surface area contributed by atoms with Crippen molar-refractivity contribution in [3.63, 3.8) is 0 Å². The SMILES string of the molecule is CCCOc1ccc(C(=O)Nc2nnc(SCc3ccc(C(=O)O)cc3)s2)cc1OC. The number of anilines is 1. The Balaban J connectivity index is 1.58. The second-order valence-corrected chi connectivity index (χ2v) is 8.53. The lowest BCUT2D eigenvalue weighted by Crippen LogP contribution is -2.12. The minimum Gasteiger partial charge on any atom is -0.493 e. The second-order valence-electron chi connectivity index (χ2n) is 6.33. The quantitative estimate of drug-likeness (QED) is 0.335. The Morgan fingerprint density at radius 1 is 1.10 bits per heavy atom. The van der Waals surface area contributed by atoms with Crippen LogP contribution in [-0.4, -0.2) is 40.9 Å². The molecule has 162 valence electrons. The first-order valence-corrected chi connectivity index (χ1v) is 11.2. The van der Waals surface area contributed by atoms with Gasteiger partial charge in [0.05, 0.1) is 19.3 Å². The summed E-state index contributed by atoms with van der Waals surface area (Å²) in [5.74, 6) is 0.413. The number of nitrogens with zero attached hydrogens (tertiary/aromatic N) is 2. The average Bonchev–Trinajstić information content (AvgIpc) is 3.23. The zero-order chi connectivity index (χ0) is 22.2. The summed E-state index contributed by atoms with van der Waals surface area (Å²) in [7, 11) is 1.53. The highest BCUT2D eigenvalue weighted by atomic mass is 32.2. The predicted octanol–water partition coefficient (Wildman–Crippen LogP) is 4.58. The van der Waals surface area contributed by atoms with Crippen LogP contribution in [-0.2, 0) is 5.75 Å². The zero-order valence-corrected chi connectivity index (χ0v) is 18.6. The molecule has 0 fully saturated rings. The molecule has 10 heteroatoms. The van der Waals surface area contributed by atoms with E-state index in [1.165, 1.54) is 30.2 Å². The Kier molecular flexibility index (Phi) is 7.85. The van der Waals surface area contributed by atoms with Crippen molar-refractivity contribution >= 4 is 40.1 Å². The Bertz CT molecular complexity index is 1050. The third kappa shape index (κ3) is 6.19. The maximum absolute atomic E-state index is 12.6. The largest absolute Gasteiger partial charge is 0.493 e. The van der Waals surface area contributed by atoms with Gasteiger partial charge in [-0.2, -0.15) is 0 Å². The van der Waals surface area contributed by atoms with Gasteiger partial charge in [0, 0.05) is 11.3 Å². The molecular weight excluding hydrogens is 438 g/mol. The van der Waals surface area contributed by atoms with E-state index in [9.17, 15) is 9.59 Å². The van der Waals surface area contributed by atoms with Crippen molar-refractivity contribution in [3.05, 3.63) is 59.2 Å². The fourth-order valence-electron chi connectivity index (χ4n) is 2.52. The van der Waals surface area contributed by atoms with Gasteiger partial charge >= 0.3 is 5.97 Å². The van der Waals surface area contributed by atoms with E-state index in [2.05, 4.69) is 15.5 Å². The fourth-order valence-corrected chi connectivity index (χ4v) is 4.22. The van der Waals surface area contributed by atoms with E-state index in [-0.39, 0.29) is 11.5 Å². The van der Waals surface area contributed by atoms with Crippen LogP contribution in [0.4, 0.5) is 5.13 Å². The van der Waals surface area contributed by atoms with E-state index in [0.717, 1.165) is 12.0 Å². The molecule has 0 aliphatic rings. The van der Waals surface area contributed by atoms with Crippen LogP contribution in [0.1, 0.15) is 39.6 Å². The number of carbonyl (C=O) groups is 2. The van der Waals surface area contributed by atoms with Crippen LogP contribution in [0, 0.1) is 0 Å². The number of hydrogen-bond acceptors (Lipinski definition) is 8. The molecule has 1 heterocycles. The predicted molar refractivity (Wildman–Crippen MR) is 120 cm³/mol. The van der Waals surface area contributed by atoms with Gasteiger partial charge in [0.25, 0.3) is 5.91 Å². The van der Waals surface area contributed by atoms with Crippen molar-refractivity contribution in [2.24, 2.45) is 0 Å². The van der Waals surface area contributed by atoms with Gasteiger partial charge in [-0.05, 0) is 42.3 Å². The number of carboxylic acids is 1. The van der Waals surface area contributed by atoms with Crippen molar-refractivity contribution in [1.29, 1.82) is 0 Å². The number of carboxylic acid groups (broad SMARTS) is 1. The van der Waals surface area contributed by atoms with Crippen LogP contribution >= 0.6 is 23.1 Å². The number of aromatic carboxylic acids is 1. The molecule has 2 N–H and O–H groups in total. The Morgan fingerprint density at radius 3 is 2.52 bits per heavy atom. The van der Waals surface area contributed by atoms with Gasteiger partial charge in [-0.25, -0.2) is 4.79 Å². The number of ether oxygens (including phenoxy) is 2. The summed E-state index contributed by atoms with van der Waals surface area (Å²) in [5.41, 5.74) is 1.63. The molecule has 0 saturated carbocycles. The van der Waals surface area contributed by atoms with E-state index in [1.54, 1.807) is 42.5 Å². The van der Waals surface area contributed by atoms with Crippen LogP contribution < -0.4 is 14.8 Å². The summed E-state index contributed by atoms with van der Waals surface area (Å²) in [6.07, 6.45) is 0.871. The minimum absolute atomic E-state index is 0.247. The van der Waals surface area contributed by atoms with Crippen LogP contribution in [0.5, 0.6) is 11.5 Å². The average molecular weight is 460 g/mol. The number of hydrogen-bond donors (Lipinski definition) is 2. The molecule has 1 aromatic heterocycles. The molecule has 0 spiro atoms. The fraction of sp³-hybridized carbons (Fsp3) is 0.238. The first-order valence-electron chi connectivity index (χ1n) is 9.41. The molecule has 31 heavy (non-hydrogen) atoms. The lowest BCUT2D eigenvalue weighted by molar-refractivity contribution is 0.0696. The number of carbonyl (C=O) groups excluding carboxylic acids is 1. The zero-order valence-electron chi connectivity index (χ0n) is 17.0. The number of nitrogens with one attached hydrogen (secondary N) is 1. The van der Waals surface area contributed by atoms with Gasteiger partial charge in [-0.15, -0.1) is 10.2 Å². The van der Waals surface area contributed by atoms with Crippen LogP contribution in [0.3, 0.4) is 0 Å². The standard InChI is InChI=1S/C21H21N3O5S2/c1-3-10-29-16-9-8-15(11-17(16)28-2)18(25)22-20-23-24-21(31-20)30-12-13-4-6-14(7-5-13)19(26)27/h4-9,11H,3,10,12H2,1-2H3,(H,26,27)(H,22,23,25). The normalized spacial score (nSPS) is 10.5. The highest BCUT2D eigenvalue weighted by Gasteiger charge is 2.14. The monoisotopic (exact) mass is 459 g/mol. The van der Waals surface area contributed by atoms with Gasteiger partial charge in [-0.3, -0.25) is 10.1 Å². The molecule has 0 aliphatic heterocycles. The molecule has 0 radical (unpaired) electrons. The smallest absolute Gasteiger partial charge is 0.335 e. The van der Waals surface area contributed by atoms with E-state index in [4.69, 9.17) is 14.6 Å². The van der Waals surface area contributed by atoms with Gasteiger partial charge in [0.1, 0.15) is 0 Å². The molecule has 1 amide bonds. The number of benzene rings is 2. The lowest BCUT2D eigenvalue weighted by Gasteiger charge is -2.11. The molecule has 0 bridgehead atoms. The van der Waals surface area contributed by atoms with Gasteiger partial charge in [0.15, 0.2) is 15.8 Å². The summed E-state index contributed by atoms with van der Waals surface area (Å²) in [6.45, 7) is 2.58. The number of rotatable bonds is 10. The molecule has 0 saturated heterocycles. The maximum Gasteiger partial charge on any atom is 0.335 e. The first-order chi connectivity index (χ1) is 15.0. The van der Waals surface area contributed by atoms with Gasteiger partial charge in [-0.1, -0.05) is 42.2 Å². The topological polar surface area (TPSA) is 111 Å². The number of thioether (sulfide) groups is 1. The minimum atomic E-state index is -0.954. The van der Waals surface area contributed by atoms with Crippen LogP contribution in [0.2, 0.25) is 0 Å². The van der Waals surface area contributed by atoms with Crippen LogP contribution in [0.15, 0.2) is 46.8 Å². The summed E-state index contributed by atoms with van der Waals surface area (Å²) >= 11 is 2.72. The molecule has 0 atom stereocenters. The highest BCUT2D eigenvalue weighted by Crippen LogP contribution is 2.30. The number of amides is 1. The molecule has 3 rings (SSSR count). The van der Waals surface area contributed by atoms with Crippen molar-refractivity contribution in [2.45, 2.75) is 23.4 Å². The van der Waals surface area contributed by atoms with E-state index < -0.39 is 5.97 Å². The molecular formula is C21H21N3O5S2. The van der Waals surface area contributed by atoms with Crippen molar-refractivity contribution in [2.75, 3.05) is 19.0 Å². The second kappa shape index (κ2) is 10.8. The van der Waals surface area contributed by atoms with E-state index in [0.29, 0.717) is 38.9 Å². The van der Waals surface area contributed by atoms with Crippen LogP contribution in [0.25, 0.3) is 0 Å². The summed E-state index contributed by atoms with van der Waals surface area (Å²) in [4.78, 5) is 23.5. The van der Waals surface area contributed by atoms with Crippen molar-refractivity contribution in [3.8, 4) is 11.5 Å². The van der Waals surface area contributed by atoms with E-state index in [1.807, 2.05) is 6.92 Å². The molecule has 0 aliphatic carbocycles. The van der Waals surface area contributed by atoms with E-state index >= 15 is 0 Å². The highest BCUT2D eigenvalue weighted by molar-refractivity contribution is 8.00. The molecule has 8 nitrogen and oxygen atoms in total. The van der Waals surface area contributed by atoms with Crippen molar-refractivity contribution < 1.29 is 24.2 Å². The molecule has 0 unspecified atom stereocenters. The first kappa shape index (κ1) is 22.6. The molecule has 3 aromatic rings. The van der Waals surface area contributed by atoms with Gasteiger partial charge < -0.3 is 14.6 Å². The summed E-state index contributed by atoms with van der Waals surface area (Å²) in [6, 6.07) is 11.7. The maximum atomic E-state index is 12.6. The summed E-state index contributed by atoms with van der Waals surface area (Å²) < 4.78 is 11.6. The number of methoxy groups -OCH3 is 1. The summed E-state index contributed by atoms with van der Waals surface area (Å²) in [5, 5.41) is 20.2. The lowest BCUT2D eigenvalue weighted by atomic mass is 10.1. The van der Waals surface area contributed by atoms with Crippen molar-refractivity contribution in [1.82, 2.24) is 10.2 Å². The Labute approximate surface area is 187 Å². The Hall–Kier alpha value is -3.11. The third-order valence-corrected chi connectivity index (χ3v) is 6.12. The number of aromatic nitrogens is 2. The molecule has 2 aromatic carbocycles. The van der Waals surface area contributed by atoms with Gasteiger partial charge in [0.2, 0.25) is 5.13 Å². The third-order valence-electron chi connectivity index (χ3n) is 4.08.